The predicted octanol–water partition coefficient (Wildman–Crippen LogP) is 7.69. The van der Waals surface area contributed by atoms with Crippen LogP contribution >= 0.6 is 0 Å². The molecule has 0 saturated heterocycles. The van der Waals surface area contributed by atoms with Crippen LogP contribution in [0.3, 0.4) is 0 Å². The first-order valence-electron chi connectivity index (χ1n) is 16.8. The van der Waals surface area contributed by atoms with E-state index in [9.17, 15) is 41.1 Å². The molecule has 1 unspecified atom stereocenters. The van der Waals surface area contributed by atoms with Gasteiger partial charge in [-0.1, -0.05) is 39.8 Å². The second-order valence-electron chi connectivity index (χ2n) is 12.6. The Bertz CT molecular complexity index is 1260. The lowest BCUT2D eigenvalue weighted by molar-refractivity contribution is -0.156. The van der Waals surface area contributed by atoms with Crippen molar-refractivity contribution < 1.29 is 65.3 Å². The van der Waals surface area contributed by atoms with Crippen molar-refractivity contribution in [2.24, 2.45) is 21.9 Å². The number of hydrogen-bond donors (Lipinski definition) is 2. The van der Waals surface area contributed by atoms with Crippen LogP contribution in [0.1, 0.15) is 113 Å². The normalized spacial score (nSPS) is 12.0. The summed E-state index contributed by atoms with van der Waals surface area (Å²) in [5.74, 6) is -11.6. The molecular weight excluding hydrogens is 687 g/mol. The van der Waals surface area contributed by atoms with Crippen molar-refractivity contribution in [3.8, 4) is 0 Å². The Kier molecular flexibility index (Phi) is 24.3. The van der Waals surface area contributed by atoms with Crippen LogP contribution in [-0.4, -0.2) is 61.2 Å². The fraction of sp³-hybridized carbons (Fsp3) is 0.686. The molecule has 1 atom stereocenters. The van der Waals surface area contributed by atoms with Crippen molar-refractivity contribution in [3.05, 3.63) is 34.6 Å². The summed E-state index contributed by atoms with van der Waals surface area (Å²) in [6.45, 7) is 17.7. The lowest BCUT2D eigenvalue weighted by Gasteiger charge is -2.20. The molecular formula is C35H55F5N2O9. The van der Waals surface area contributed by atoms with Gasteiger partial charge in [0.2, 0.25) is 5.82 Å². The van der Waals surface area contributed by atoms with Crippen molar-refractivity contribution in [3.63, 3.8) is 0 Å². The van der Waals surface area contributed by atoms with Gasteiger partial charge in [-0.15, -0.1) is 0 Å². The van der Waals surface area contributed by atoms with Gasteiger partial charge in [-0.25, -0.2) is 26.7 Å². The van der Waals surface area contributed by atoms with Gasteiger partial charge in [0.25, 0.3) is 0 Å². The van der Waals surface area contributed by atoms with E-state index < -0.39 is 64.1 Å². The maximum atomic E-state index is 13.3. The van der Waals surface area contributed by atoms with Crippen LogP contribution in [0.15, 0.2) is 5.16 Å². The minimum atomic E-state index is -2.25. The molecule has 0 fully saturated rings. The minimum Gasteiger partial charge on any atom is -0.465 e. The molecule has 51 heavy (non-hydrogen) atoms. The number of esters is 3. The highest BCUT2D eigenvalue weighted by molar-refractivity contribution is 5.82. The first-order valence-corrected chi connectivity index (χ1v) is 16.8. The highest BCUT2D eigenvalue weighted by Gasteiger charge is 2.30. The van der Waals surface area contributed by atoms with E-state index in [-0.39, 0.29) is 37.6 Å². The van der Waals surface area contributed by atoms with E-state index in [1.54, 1.807) is 13.8 Å². The van der Waals surface area contributed by atoms with E-state index in [2.05, 4.69) is 20.0 Å². The molecule has 0 aliphatic rings. The molecule has 0 aromatic heterocycles. The fourth-order valence-corrected chi connectivity index (χ4v) is 2.80. The van der Waals surface area contributed by atoms with E-state index in [0.29, 0.717) is 25.9 Å². The molecule has 1 amide bonds. The second kappa shape index (κ2) is 25.2. The van der Waals surface area contributed by atoms with E-state index >= 15 is 0 Å². The van der Waals surface area contributed by atoms with Crippen LogP contribution < -0.4 is 5.32 Å². The lowest BCUT2D eigenvalue weighted by atomic mass is 9.91. The highest BCUT2D eigenvalue weighted by atomic mass is 19.2. The third-order valence-corrected chi connectivity index (χ3v) is 7.73. The smallest absolute Gasteiger partial charge is 0.433 e. The third kappa shape index (κ3) is 18.8. The number of nitrogens with zero attached hydrogens (tertiary/aromatic N) is 1. The molecule has 1 aromatic rings. The van der Waals surface area contributed by atoms with Gasteiger partial charge in [0.15, 0.2) is 23.3 Å². The number of benzene rings is 1. The average Bonchev–Trinajstić information content (AvgIpc) is 3.11. The maximum absolute atomic E-state index is 13.3. The zero-order chi connectivity index (χ0) is 39.9. The molecule has 16 heteroatoms. The summed E-state index contributed by atoms with van der Waals surface area (Å²) >= 11 is 0. The number of hydrogen-bond acceptors (Lipinski definition) is 10. The topological polar surface area (TPSA) is 150 Å². The van der Waals surface area contributed by atoms with Crippen LogP contribution in [0.25, 0.3) is 0 Å². The average molecular weight is 743 g/mol. The Balaban J connectivity index is 0. The summed E-state index contributed by atoms with van der Waals surface area (Å²) in [7, 11) is 0. The van der Waals surface area contributed by atoms with Crippen molar-refractivity contribution in [1.29, 1.82) is 0 Å². The van der Waals surface area contributed by atoms with Crippen molar-refractivity contribution in [2.45, 2.75) is 114 Å². The molecule has 0 saturated carbocycles. The number of carbonyl (C=O) groups excluding carboxylic acids is 4. The molecule has 1 aromatic carbocycles. The Labute approximate surface area is 297 Å². The molecule has 0 aliphatic heterocycles. The molecule has 0 heterocycles. The number of amides is 1. The van der Waals surface area contributed by atoms with E-state index in [1.807, 2.05) is 41.5 Å². The van der Waals surface area contributed by atoms with Gasteiger partial charge < -0.3 is 24.6 Å². The molecule has 1 rings (SSSR count). The van der Waals surface area contributed by atoms with E-state index in [4.69, 9.17) is 14.6 Å². The summed E-state index contributed by atoms with van der Waals surface area (Å²) in [5, 5.41) is 14.5. The Morgan fingerprint density at radius 1 is 0.765 bits per heavy atom. The van der Waals surface area contributed by atoms with E-state index in [1.165, 1.54) is 13.8 Å². The zero-order valence-corrected chi connectivity index (χ0v) is 31.4. The molecule has 2 N–H and O–H groups in total. The van der Waals surface area contributed by atoms with Crippen LogP contribution in [-0.2, 0) is 40.0 Å². The largest absolute Gasteiger partial charge is 0.465 e. The van der Waals surface area contributed by atoms with Crippen molar-refractivity contribution in [2.75, 3.05) is 26.4 Å². The predicted molar refractivity (Wildman–Crippen MR) is 180 cm³/mol. The first-order chi connectivity index (χ1) is 23.7. The van der Waals surface area contributed by atoms with Gasteiger partial charge in [-0.2, -0.15) is 0 Å². The minimum absolute atomic E-state index is 0.000809. The third-order valence-electron chi connectivity index (χ3n) is 7.73. The van der Waals surface area contributed by atoms with Gasteiger partial charge in [0.05, 0.1) is 41.2 Å². The van der Waals surface area contributed by atoms with Crippen LogP contribution in [0.2, 0.25) is 0 Å². The van der Waals surface area contributed by atoms with Crippen molar-refractivity contribution in [1.82, 2.24) is 5.32 Å². The number of unbranched alkanes of at least 4 members (excludes halogenated alkanes) is 1. The van der Waals surface area contributed by atoms with Gasteiger partial charge in [0, 0.05) is 6.61 Å². The van der Waals surface area contributed by atoms with Crippen molar-refractivity contribution >= 4 is 29.7 Å². The van der Waals surface area contributed by atoms with Gasteiger partial charge in [-0.05, 0) is 73.1 Å². The summed E-state index contributed by atoms with van der Waals surface area (Å²) in [6.07, 6.45) is 3.43. The number of ether oxygens (including phenoxy) is 3. The first kappa shape index (κ1) is 49.3. The van der Waals surface area contributed by atoms with Gasteiger partial charge in [-0.3, -0.25) is 19.2 Å². The molecule has 294 valence electrons. The maximum Gasteiger partial charge on any atom is 0.433 e. The molecule has 0 aliphatic carbocycles. The Hall–Kier alpha value is -3.82. The molecule has 0 bridgehead atoms. The standard InChI is InChI=1S/C13H13F5O2.C13H24N2O4.C9H18O3/c1-4-13(2,3)12(19)20-5-6-7(14)9(16)11(18)10(17)8(6)15;1-6-10(3)15-19-12(17)14-8-9-18-11(16)13(4,5)7-2;1-3-8(2)9(11)12-7-5-4-6-10/h4-5H2,1-3H3;6-9H2,1-5H3,(H,14,17);8,10H,3-7H2,1-2H3. The van der Waals surface area contributed by atoms with Crippen LogP contribution in [0, 0.1) is 45.8 Å². The number of carbonyl (C=O) groups is 4. The monoisotopic (exact) mass is 742 g/mol. The number of oxime groups is 1. The number of nitrogens with one attached hydrogen (secondary N) is 1. The molecule has 0 spiro atoms. The van der Waals surface area contributed by atoms with Crippen LogP contribution in [0.4, 0.5) is 26.7 Å². The quantitative estimate of drug-likeness (QED) is 0.0189. The van der Waals surface area contributed by atoms with Gasteiger partial charge >= 0.3 is 24.0 Å². The summed E-state index contributed by atoms with van der Waals surface area (Å²) < 4.78 is 79.9. The van der Waals surface area contributed by atoms with Gasteiger partial charge in [0.1, 0.15) is 13.2 Å². The van der Waals surface area contributed by atoms with E-state index in [0.717, 1.165) is 25.0 Å². The fourth-order valence-electron chi connectivity index (χ4n) is 2.80. The molecule has 11 nitrogen and oxygen atoms in total. The highest BCUT2D eigenvalue weighted by Crippen LogP contribution is 2.26. The Morgan fingerprint density at radius 2 is 1.25 bits per heavy atom. The lowest BCUT2D eigenvalue weighted by Crippen LogP contribution is -2.31. The van der Waals surface area contributed by atoms with Crippen LogP contribution in [0.5, 0.6) is 0 Å². The summed E-state index contributed by atoms with van der Waals surface area (Å²) in [6, 6.07) is 0. The number of rotatable bonds is 17. The number of aliphatic hydroxyl groups is 1. The Morgan fingerprint density at radius 3 is 1.71 bits per heavy atom. The summed E-state index contributed by atoms with van der Waals surface area (Å²) in [5.41, 5.74) is -1.85. The molecule has 0 radical (unpaired) electrons. The SMILES string of the molecule is CCC(C)(C)C(=O)OCc1c(F)c(F)c(F)c(F)c1F.CCC(C)=NOC(=O)NCCOC(=O)C(C)(C)CC.CCC(C)C(=O)OCCCCO. The second-order valence-corrected chi connectivity index (χ2v) is 12.6. The zero-order valence-electron chi connectivity index (χ0n) is 31.4. The number of halogens is 5. The number of aliphatic hydroxyl groups excluding tert-OH is 1. The summed E-state index contributed by atoms with van der Waals surface area (Å²) in [4.78, 5) is 50.0.